The Morgan fingerprint density at radius 3 is 2.65 bits per heavy atom. The Labute approximate surface area is 107 Å². The Balaban J connectivity index is 2.10. The van der Waals surface area contributed by atoms with Crippen LogP contribution in [0, 0.1) is 11.3 Å². The molecule has 1 rings (SSSR count). The fraction of sp³-hybridized carbons (Fsp3) is 1.00. The third kappa shape index (κ3) is 6.39. The third-order valence-electron chi connectivity index (χ3n) is 3.78. The summed E-state index contributed by atoms with van der Waals surface area (Å²) in [5.74, 6) is 0.880. The molecular formula is C14H30N2O. The van der Waals surface area contributed by atoms with Crippen LogP contribution in [-0.2, 0) is 4.74 Å². The summed E-state index contributed by atoms with van der Waals surface area (Å²) >= 11 is 0. The van der Waals surface area contributed by atoms with Gasteiger partial charge in [-0.1, -0.05) is 13.8 Å². The van der Waals surface area contributed by atoms with Crippen LogP contribution in [0.5, 0.6) is 0 Å². The number of nitrogens with zero attached hydrogens (tertiary/aromatic N) is 1. The van der Waals surface area contributed by atoms with Crippen LogP contribution in [0.15, 0.2) is 0 Å². The summed E-state index contributed by atoms with van der Waals surface area (Å²) in [7, 11) is 4.23. The number of hydrogen-bond donors (Lipinski definition) is 1. The van der Waals surface area contributed by atoms with E-state index < -0.39 is 0 Å². The van der Waals surface area contributed by atoms with Crippen molar-refractivity contribution in [3.05, 3.63) is 0 Å². The summed E-state index contributed by atoms with van der Waals surface area (Å²) in [5.41, 5.74) is 0.375. The molecule has 0 aromatic heterocycles. The summed E-state index contributed by atoms with van der Waals surface area (Å²) < 4.78 is 5.68. The minimum absolute atomic E-state index is 0.375. The van der Waals surface area contributed by atoms with E-state index in [2.05, 4.69) is 31.1 Å². The molecule has 1 saturated carbocycles. The second-order valence-corrected chi connectivity index (χ2v) is 5.95. The van der Waals surface area contributed by atoms with E-state index in [0.29, 0.717) is 5.41 Å². The smallest absolute Gasteiger partial charge is 0.0593 e. The topological polar surface area (TPSA) is 24.5 Å². The van der Waals surface area contributed by atoms with E-state index in [9.17, 15) is 0 Å². The van der Waals surface area contributed by atoms with Gasteiger partial charge in [0.1, 0.15) is 0 Å². The van der Waals surface area contributed by atoms with Crippen LogP contribution in [-0.4, -0.2) is 51.8 Å². The fourth-order valence-corrected chi connectivity index (χ4v) is 2.21. The maximum Gasteiger partial charge on any atom is 0.0593 e. The molecule has 0 amide bonds. The number of hydrogen-bond acceptors (Lipinski definition) is 3. The molecule has 1 N–H and O–H groups in total. The molecule has 1 unspecified atom stereocenters. The third-order valence-corrected chi connectivity index (χ3v) is 3.78. The van der Waals surface area contributed by atoms with Crippen LogP contribution in [0.4, 0.5) is 0 Å². The van der Waals surface area contributed by atoms with Crippen molar-refractivity contribution in [3.8, 4) is 0 Å². The highest BCUT2D eigenvalue weighted by Gasteiger charge is 2.23. The summed E-state index contributed by atoms with van der Waals surface area (Å²) in [4.78, 5) is 2.40. The van der Waals surface area contributed by atoms with Crippen LogP contribution < -0.4 is 5.32 Å². The molecule has 1 fully saturated rings. The maximum absolute atomic E-state index is 5.68. The van der Waals surface area contributed by atoms with Gasteiger partial charge in [-0.05, 0) is 44.7 Å². The van der Waals surface area contributed by atoms with Crippen molar-refractivity contribution in [1.82, 2.24) is 10.2 Å². The highest BCUT2D eigenvalue weighted by molar-refractivity contribution is 4.78. The van der Waals surface area contributed by atoms with Crippen LogP contribution in [0.3, 0.4) is 0 Å². The van der Waals surface area contributed by atoms with E-state index >= 15 is 0 Å². The minimum atomic E-state index is 0.375. The van der Waals surface area contributed by atoms with Crippen LogP contribution in [0.1, 0.15) is 33.1 Å². The standard InChI is InChI=1S/C14H30N2O/c1-5-14(2,11-15-3)12-16(4)8-9-17-10-13-6-7-13/h13,15H,5-12H2,1-4H3. The molecule has 1 atom stereocenters. The van der Waals surface area contributed by atoms with Gasteiger partial charge in [-0.25, -0.2) is 0 Å². The molecule has 1 aliphatic rings. The molecule has 1 aliphatic carbocycles. The largest absolute Gasteiger partial charge is 0.380 e. The molecule has 17 heavy (non-hydrogen) atoms. The van der Waals surface area contributed by atoms with E-state index in [1.807, 2.05) is 7.05 Å². The second kappa shape index (κ2) is 7.34. The van der Waals surface area contributed by atoms with E-state index in [1.165, 1.54) is 19.3 Å². The van der Waals surface area contributed by atoms with Gasteiger partial charge < -0.3 is 15.0 Å². The fourth-order valence-electron chi connectivity index (χ4n) is 2.21. The molecule has 102 valence electrons. The molecule has 0 aliphatic heterocycles. The van der Waals surface area contributed by atoms with E-state index in [1.54, 1.807) is 0 Å². The maximum atomic E-state index is 5.68. The van der Waals surface area contributed by atoms with Crippen LogP contribution in [0.25, 0.3) is 0 Å². The zero-order chi connectivity index (χ0) is 12.7. The molecule has 3 nitrogen and oxygen atoms in total. The molecule has 0 aromatic rings. The number of likely N-dealkylation sites (N-methyl/N-ethyl adjacent to an activating group) is 1. The zero-order valence-corrected chi connectivity index (χ0v) is 12.1. The number of nitrogens with one attached hydrogen (secondary N) is 1. The van der Waals surface area contributed by atoms with Crippen molar-refractivity contribution in [2.24, 2.45) is 11.3 Å². The first-order chi connectivity index (χ1) is 8.09. The van der Waals surface area contributed by atoms with Crippen molar-refractivity contribution >= 4 is 0 Å². The number of rotatable bonds is 10. The summed E-state index contributed by atoms with van der Waals surface area (Å²) in [6, 6.07) is 0. The lowest BCUT2D eigenvalue weighted by Gasteiger charge is -2.32. The summed E-state index contributed by atoms with van der Waals surface area (Å²) in [6.07, 6.45) is 3.97. The lowest BCUT2D eigenvalue weighted by atomic mass is 9.87. The Hall–Kier alpha value is -0.120. The Kier molecular flexibility index (Phi) is 6.45. The lowest BCUT2D eigenvalue weighted by molar-refractivity contribution is 0.0885. The SMILES string of the molecule is CCC(C)(CNC)CN(C)CCOCC1CC1. The van der Waals surface area contributed by atoms with Gasteiger partial charge >= 0.3 is 0 Å². The van der Waals surface area contributed by atoms with Gasteiger partial charge in [0.15, 0.2) is 0 Å². The highest BCUT2D eigenvalue weighted by atomic mass is 16.5. The average Bonchev–Trinajstić information content (AvgIpc) is 3.08. The van der Waals surface area contributed by atoms with Crippen molar-refractivity contribution in [2.75, 3.05) is 46.9 Å². The van der Waals surface area contributed by atoms with Gasteiger partial charge in [0.2, 0.25) is 0 Å². The first kappa shape index (κ1) is 14.9. The Morgan fingerprint density at radius 2 is 2.12 bits per heavy atom. The van der Waals surface area contributed by atoms with Crippen molar-refractivity contribution < 1.29 is 4.74 Å². The van der Waals surface area contributed by atoms with Gasteiger partial charge in [-0.2, -0.15) is 0 Å². The summed E-state index contributed by atoms with van der Waals surface area (Å²) in [5, 5.41) is 3.30. The molecule has 0 aromatic carbocycles. The normalized spacial score (nSPS) is 19.6. The van der Waals surface area contributed by atoms with Crippen LogP contribution >= 0.6 is 0 Å². The predicted octanol–water partition coefficient (Wildman–Crippen LogP) is 1.98. The number of ether oxygens (including phenoxy) is 1. The first-order valence-corrected chi connectivity index (χ1v) is 7.00. The first-order valence-electron chi connectivity index (χ1n) is 7.00. The van der Waals surface area contributed by atoms with Crippen molar-refractivity contribution in [3.63, 3.8) is 0 Å². The zero-order valence-electron chi connectivity index (χ0n) is 12.1. The summed E-state index contributed by atoms with van der Waals surface area (Å²) in [6.45, 7) is 9.75. The molecule has 0 heterocycles. The van der Waals surface area contributed by atoms with Gasteiger partial charge in [-0.3, -0.25) is 0 Å². The molecule has 0 spiro atoms. The predicted molar refractivity (Wildman–Crippen MR) is 73.4 cm³/mol. The van der Waals surface area contributed by atoms with E-state index in [0.717, 1.165) is 38.8 Å². The minimum Gasteiger partial charge on any atom is -0.380 e. The van der Waals surface area contributed by atoms with Crippen LogP contribution in [0.2, 0.25) is 0 Å². The quantitative estimate of drug-likeness (QED) is 0.593. The average molecular weight is 242 g/mol. The second-order valence-electron chi connectivity index (χ2n) is 5.95. The molecule has 0 radical (unpaired) electrons. The lowest BCUT2D eigenvalue weighted by Crippen LogP contribution is -2.40. The van der Waals surface area contributed by atoms with Gasteiger partial charge in [0.25, 0.3) is 0 Å². The van der Waals surface area contributed by atoms with Gasteiger partial charge in [0, 0.05) is 26.2 Å². The van der Waals surface area contributed by atoms with Crippen molar-refractivity contribution in [1.29, 1.82) is 0 Å². The molecule has 0 saturated heterocycles. The molecule has 0 bridgehead atoms. The molecular weight excluding hydrogens is 212 g/mol. The monoisotopic (exact) mass is 242 g/mol. The Bertz CT molecular complexity index is 206. The van der Waals surface area contributed by atoms with Crippen molar-refractivity contribution in [2.45, 2.75) is 33.1 Å². The van der Waals surface area contributed by atoms with Gasteiger partial charge in [-0.15, -0.1) is 0 Å². The molecule has 3 heteroatoms. The van der Waals surface area contributed by atoms with Gasteiger partial charge in [0.05, 0.1) is 6.61 Å². The Morgan fingerprint density at radius 1 is 1.41 bits per heavy atom. The van der Waals surface area contributed by atoms with E-state index in [4.69, 9.17) is 4.74 Å². The van der Waals surface area contributed by atoms with E-state index in [-0.39, 0.29) is 0 Å². The highest BCUT2D eigenvalue weighted by Crippen LogP contribution is 2.28.